The summed E-state index contributed by atoms with van der Waals surface area (Å²) < 4.78 is 28.1. The molecule has 2 rings (SSSR count). The van der Waals surface area contributed by atoms with Gasteiger partial charge in [-0.15, -0.1) is 0 Å². The predicted octanol–water partition coefficient (Wildman–Crippen LogP) is 1.70. The molecule has 0 N–H and O–H groups in total. The van der Waals surface area contributed by atoms with Crippen LogP contribution in [0.3, 0.4) is 0 Å². The second-order valence-electron chi connectivity index (χ2n) is 4.55. The molecular formula is C13H16O4S. The molecule has 1 aliphatic heterocycles. The van der Waals surface area contributed by atoms with E-state index in [-0.39, 0.29) is 16.6 Å². The van der Waals surface area contributed by atoms with Gasteiger partial charge in [-0.25, -0.2) is 8.42 Å². The summed E-state index contributed by atoms with van der Waals surface area (Å²) in [6.45, 7) is 1.20. The van der Waals surface area contributed by atoms with E-state index in [4.69, 9.17) is 4.74 Å². The predicted molar refractivity (Wildman–Crippen MR) is 67.4 cm³/mol. The lowest BCUT2D eigenvalue weighted by Gasteiger charge is -2.20. The third kappa shape index (κ3) is 2.97. The van der Waals surface area contributed by atoms with Crippen LogP contribution in [0.15, 0.2) is 29.2 Å². The topological polar surface area (TPSA) is 60.4 Å². The minimum Gasteiger partial charge on any atom is -0.381 e. The Morgan fingerprint density at radius 2 is 1.94 bits per heavy atom. The molecule has 1 aliphatic rings. The lowest BCUT2D eigenvalue weighted by molar-refractivity contribution is 0.0544. The first-order valence-electron chi connectivity index (χ1n) is 5.90. The number of ketones is 1. The maximum Gasteiger partial charge on any atom is 0.175 e. The van der Waals surface area contributed by atoms with Crippen molar-refractivity contribution in [3.63, 3.8) is 0 Å². The fourth-order valence-electron chi connectivity index (χ4n) is 2.08. The van der Waals surface area contributed by atoms with E-state index in [1.54, 1.807) is 12.1 Å². The van der Waals surface area contributed by atoms with E-state index in [9.17, 15) is 13.2 Å². The summed E-state index contributed by atoms with van der Waals surface area (Å²) in [5, 5.41) is 0. The van der Waals surface area contributed by atoms with Gasteiger partial charge in [0.1, 0.15) is 0 Å². The number of hydrogen-bond acceptors (Lipinski definition) is 4. The molecule has 0 radical (unpaired) electrons. The van der Waals surface area contributed by atoms with Gasteiger partial charge in [0.05, 0.1) is 4.90 Å². The lowest BCUT2D eigenvalue weighted by atomic mass is 9.91. The molecule has 1 fully saturated rings. The highest BCUT2D eigenvalue weighted by molar-refractivity contribution is 7.90. The first-order chi connectivity index (χ1) is 8.48. The van der Waals surface area contributed by atoms with E-state index in [1.807, 2.05) is 0 Å². The zero-order valence-electron chi connectivity index (χ0n) is 10.3. The van der Waals surface area contributed by atoms with Gasteiger partial charge >= 0.3 is 0 Å². The third-order valence-electron chi connectivity index (χ3n) is 3.14. The maximum atomic E-state index is 12.2. The van der Waals surface area contributed by atoms with E-state index in [0.29, 0.717) is 31.6 Å². The van der Waals surface area contributed by atoms with Gasteiger partial charge in [-0.05, 0) is 25.0 Å². The quantitative estimate of drug-likeness (QED) is 0.783. The highest BCUT2D eigenvalue weighted by Gasteiger charge is 2.23. The van der Waals surface area contributed by atoms with Crippen molar-refractivity contribution in [3.8, 4) is 0 Å². The maximum absolute atomic E-state index is 12.2. The normalized spacial score (nSPS) is 17.6. The number of ether oxygens (including phenoxy) is 1. The van der Waals surface area contributed by atoms with Crippen LogP contribution < -0.4 is 0 Å². The minimum atomic E-state index is -3.27. The molecule has 0 amide bonds. The van der Waals surface area contributed by atoms with Gasteiger partial charge in [-0.1, -0.05) is 12.1 Å². The van der Waals surface area contributed by atoms with Crippen molar-refractivity contribution in [2.24, 2.45) is 5.92 Å². The Labute approximate surface area is 107 Å². The average molecular weight is 268 g/mol. The zero-order chi connectivity index (χ0) is 13.2. The molecule has 1 heterocycles. The van der Waals surface area contributed by atoms with Gasteiger partial charge in [-0.2, -0.15) is 0 Å². The molecule has 0 aliphatic carbocycles. The number of carbonyl (C=O) groups excluding carboxylic acids is 1. The van der Waals surface area contributed by atoms with Gasteiger partial charge in [0, 0.05) is 31.0 Å². The van der Waals surface area contributed by atoms with Crippen molar-refractivity contribution < 1.29 is 17.9 Å². The van der Waals surface area contributed by atoms with Crippen LogP contribution >= 0.6 is 0 Å². The average Bonchev–Trinajstić information content (AvgIpc) is 2.38. The van der Waals surface area contributed by atoms with Crippen molar-refractivity contribution in [1.82, 2.24) is 0 Å². The SMILES string of the molecule is CS(=O)(=O)c1cccc(C(=O)C2CCOCC2)c1. The van der Waals surface area contributed by atoms with Crippen LogP contribution in [0.2, 0.25) is 0 Å². The highest BCUT2D eigenvalue weighted by atomic mass is 32.2. The summed E-state index contributed by atoms with van der Waals surface area (Å²) in [7, 11) is -3.27. The van der Waals surface area contributed by atoms with Crippen LogP contribution in [-0.4, -0.2) is 33.7 Å². The summed E-state index contributed by atoms with van der Waals surface area (Å²) in [6, 6.07) is 6.26. The van der Waals surface area contributed by atoms with Gasteiger partial charge in [0.25, 0.3) is 0 Å². The molecule has 0 saturated carbocycles. The number of hydrogen-bond donors (Lipinski definition) is 0. The Kier molecular flexibility index (Phi) is 3.82. The number of carbonyl (C=O) groups is 1. The van der Waals surface area contributed by atoms with E-state index >= 15 is 0 Å². The molecule has 98 valence electrons. The van der Waals surface area contributed by atoms with Gasteiger partial charge in [-0.3, -0.25) is 4.79 Å². The summed E-state index contributed by atoms with van der Waals surface area (Å²) in [6.07, 6.45) is 2.56. The van der Waals surface area contributed by atoms with Crippen LogP contribution in [0.4, 0.5) is 0 Å². The van der Waals surface area contributed by atoms with Crippen LogP contribution in [0.25, 0.3) is 0 Å². The molecule has 0 aromatic heterocycles. The van der Waals surface area contributed by atoms with Crippen LogP contribution in [0.1, 0.15) is 23.2 Å². The summed E-state index contributed by atoms with van der Waals surface area (Å²) in [5.74, 6) is -0.0302. The molecule has 1 aromatic carbocycles. The van der Waals surface area contributed by atoms with Gasteiger partial charge in [0.15, 0.2) is 15.6 Å². The Bertz CT molecular complexity index is 542. The van der Waals surface area contributed by atoms with E-state index in [2.05, 4.69) is 0 Å². The van der Waals surface area contributed by atoms with Crippen molar-refractivity contribution in [2.45, 2.75) is 17.7 Å². The van der Waals surface area contributed by atoms with Crippen molar-refractivity contribution in [3.05, 3.63) is 29.8 Å². The molecule has 0 unspecified atom stereocenters. The Morgan fingerprint density at radius 1 is 1.28 bits per heavy atom. The fourth-order valence-corrected chi connectivity index (χ4v) is 2.74. The molecule has 4 nitrogen and oxygen atoms in total. The third-order valence-corrected chi connectivity index (χ3v) is 4.25. The van der Waals surface area contributed by atoms with Crippen molar-refractivity contribution in [1.29, 1.82) is 0 Å². The Morgan fingerprint density at radius 3 is 2.56 bits per heavy atom. The molecule has 5 heteroatoms. The molecule has 1 aromatic rings. The van der Waals surface area contributed by atoms with Crippen LogP contribution in [0.5, 0.6) is 0 Å². The van der Waals surface area contributed by atoms with Crippen molar-refractivity contribution >= 4 is 15.6 Å². The van der Waals surface area contributed by atoms with Gasteiger partial charge < -0.3 is 4.74 Å². The standard InChI is InChI=1S/C13H16O4S/c1-18(15,16)12-4-2-3-11(9-12)13(14)10-5-7-17-8-6-10/h2-4,9-10H,5-8H2,1H3. The Hall–Kier alpha value is -1.20. The highest BCUT2D eigenvalue weighted by Crippen LogP contribution is 2.21. The second-order valence-corrected chi connectivity index (χ2v) is 6.57. The number of rotatable bonds is 3. The molecular weight excluding hydrogens is 252 g/mol. The number of sulfone groups is 1. The van der Waals surface area contributed by atoms with E-state index in [0.717, 1.165) is 6.26 Å². The van der Waals surface area contributed by atoms with Crippen LogP contribution in [-0.2, 0) is 14.6 Å². The molecule has 0 spiro atoms. The summed E-state index contributed by atoms with van der Waals surface area (Å²) in [5.41, 5.74) is 0.477. The number of Topliss-reactive ketones (excluding diaryl/α,β-unsaturated/α-hetero) is 1. The van der Waals surface area contributed by atoms with E-state index in [1.165, 1.54) is 12.1 Å². The summed E-state index contributed by atoms with van der Waals surface area (Å²) in [4.78, 5) is 12.4. The molecule has 18 heavy (non-hydrogen) atoms. The second kappa shape index (κ2) is 5.20. The molecule has 1 saturated heterocycles. The fraction of sp³-hybridized carbons (Fsp3) is 0.462. The van der Waals surface area contributed by atoms with E-state index < -0.39 is 9.84 Å². The molecule has 0 atom stereocenters. The Balaban J connectivity index is 2.25. The first-order valence-corrected chi connectivity index (χ1v) is 7.80. The monoisotopic (exact) mass is 268 g/mol. The lowest BCUT2D eigenvalue weighted by Crippen LogP contribution is -2.23. The van der Waals surface area contributed by atoms with Crippen molar-refractivity contribution in [2.75, 3.05) is 19.5 Å². The minimum absolute atomic E-state index is 0.0174. The largest absolute Gasteiger partial charge is 0.381 e. The van der Waals surface area contributed by atoms with Crippen LogP contribution in [0, 0.1) is 5.92 Å². The number of benzene rings is 1. The summed E-state index contributed by atoms with van der Waals surface area (Å²) >= 11 is 0. The molecule has 0 bridgehead atoms. The first kappa shape index (κ1) is 13.2. The smallest absolute Gasteiger partial charge is 0.175 e. The van der Waals surface area contributed by atoms with Gasteiger partial charge in [0.2, 0.25) is 0 Å². The zero-order valence-corrected chi connectivity index (χ0v) is 11.1.